The number of ether oxygens (including phenoxy) is 1. The zero-order chi connectivity index (χ0) is 14.3. The Hall–Kier alpha value is 0.450. The number of rotatable bonds is 8. The molecular weight excluding hydrogens is 442 g/mol. The molecule has 2 unspecified atom stereocenters. The van der Waals surface area contributed by atoms with Gasteiger partial charge in [-0.25, -0.2) is 0 Å². The van der Waals surface area contributed by atoms with E-state index in [9.17, 15) is 4.79 Å². The van der Waals surface area contributed by atoms with Crippen LogP contribution in [0.1, 0.15) is 31.9 Å². The fraction of sp³-hybridized carbons (Fsp3) is 0.462. The van der Waals surface area contributed by atoms with Crippen LogP contribution in [0.4, 0.5) is 0 Å². The highest BCUT2D eigenvalue weighted by Gasteiger charge is 2.19. The number of hydrogen-bond acceptors (Lipinski definition) is 3. The molecule has 0 amide bonds. The van der Waals surface area contributed by atoms with Crippen molar-refractivity contribution in [3.05, 3.63) is 34.3 Å². The minimum Gasteiger partial charge on any atom is -0.368 e. The van der Waals surface area contributed by atoms with E-state index in [-0.39, 0.29) is 6.10 Å². The summed E-state index contributed by atoms with van der Waals surface area (Å²) in [6.07, 6.45) is 1.54. The Morgan fingerprint density at radius 1 is 1.53 bits per heavy atom. The number of carbonyl (C=O) groups excluding carboxylic acids is 1. The van der Waals surface area contributed by atoms with Crippen molar-refractivity contribution in [2.75, 3.05) is 6.61 Å². The molecule has 3 nitrogen and oxygen atoms in total. The highest BCUT2D eigenvalue weighted by molar-refractivity contribution is 14.2. The summed E-state index contributed by atoms with van der Waals surface area (Å²) in [4.78, 5) is 10.8. The first kappa shape index (κ1) is 17.5. The Bertz CT molecular complexity index is 415. The van der Waals surface area contributed by atoms with Crippen LogP contribution in [0.5, 0.6) is 0 Å². The lowest BCUT2D eigenvalue weighted by molar-refractivity contribution is -0.127. The SMILES string of the molecule is CC(C)(C=O)OCCC(OPI)c1cccc(Br)c1. The fourth-order valence-electron chi connectivity index (χ4n) is 1.52. The quantitative estimate of drug-likeness (QED) is 0.318. The normalized spacial score (nSPS) is 13.9. The molecule has 1 aromatic rings. The van der Waals surface area contributed by atoms with E-state index in [1.54, 1.807) is 13.8 Å². The van der Waals surface area contributed by atoms with E-state index in [1.165, 1.54) is 0 Å². The monoisotopic (exact) mass is 458 g/mol. The molecule has 106 valence electrons. The van der Waals surface area contributed by atoms with Gasteiger partial charge in [0.1, 0.15) is 5.60 Å². The van der Waals surface area contributed by atoms with Crippen molar-refractivity contribution in [2.24, 2.45) is 0 Å². The van der Waals surface area contributed by atoms with Crippen LogP contribution in [-0.4, -0.2) is 18.5 Å². The van der Waals surface area contributed by atoms with Gasteiger partial charge in [-0.2, -0.15) is 0 Å². The molecule has 0 radical (unpaired) electrons. The minimum absolute atomic E-state index is 0.00446. The van der Waals surface area contributed by atoms with Crippen molar-refractivity contribution in [1.82, 2.24) is 0 Å². The standard InChI is InChI=1S/C13H17BrIO3P/c1-13(2,9-16)17-7-6-12(18-19-15)10-4-3-5-11(14)8-10/h3-5,8-9,12,19H,6-7H2,1-2H3. The van der Waals surface area contributed by atoms with Crippen molar-refractivity contribution >= 4 is 50.7 Å². The summed E-state index contributed by atoms with van der Waals surface area (Å²) < 4.78 is 12.3. The van der Waals surface area contributed by atoms with Gasteiger partial charge in [-0.3, -0.25) is 0 Å². The van der Waals surface area contributed by atoms with Crippen molar-refractivity contribution in [1.29, 1.82) is 0 Å². The molecule has 1 rings (SSSR count). The number of halogens is 2. The van der Waals surface area contributed by atoms with Gasteiger partial charge in [0.15, 0.2) is 6.29 Å². The van der Waals surface area contributed by atoms with E-state index in [1.807, 2.05) is 24.3 Å². The van der Waals surface area contributed by atoms with Crippen molar-refractivity contribution in [3.8, 4) is 0 Å². The van der Waals surface area contributed by atoms with E-state index in [4.69, 9.17) is 9.26 Å². The van der Waals surface area contributed by atoms with Crippen molar-refractivity contribution < 1.29 is 14.1 Å². The lowest BCUT2D eigenvalue weighted by Crippen LogP contribution is -2.27. The highest BCUT2D eigenvalue weighted by atomic mass is 127. The van der Waals surface area contributed by atoms with Crippen LogP contribution in [-0.2, 0) is 14.1 Å². The first-order valence-electron chi connectivity index (χ1n) is 5.85. The second-order valence-corrected chi connectivity index (χ2v) is 7.22. The molecule has 1 aromatic carbocycles. The van der Waals surface area contributed by atoms with Gasteiger partial charge in [0, 0.05) is 10.9 Å². The molecule has 0 heterocycles. The first-order chi connectivity index (χ1) is 8.98. The van der Waals surface area contributed by atoms with E-state index in [0.717, 1.165) is 22.7 Å². The third-order valence-corrected chi connectivity index (χ3v) is 4.17. The summed E-state index contributed by atoms with van der Waals surface area (Å²) in [6, 6.07) is 8.06. The molecule has 0 saturated heterocycles. The average Bonchev–Trinajstić information content (AvgIpc) is 2.37. The fourth-order valence-corrected chi connectivity index (χ4v) is 3.22. The third kappa shape index (κ3) is 6.63. The van der Waals surface area contributed by atoms with Crippen LogP contribution in [0.15, 0.2) is 28.7 Å². The summed E-state index contributed by atoms with van der Waals surface area (Å²) in [5, 5.41) is 0. The van der Waals surface area contributed by atoms with E-state index < -0.39 is 5.60 Å². The van der Waals surface area contributed by atoms with Gasteiger partial charge in [0.25, 0.3) is 0 Å². The maximum Gasteiger partial charge on any atom is 0.151 e. The van der Waals surface area contributed by atoms with Crippen LogP contribution in [0.2, 0.25) is 0 Å². The molecule has 0 aliphatic heterocycles. The maximum absolute atomic E-state index is 10.8. The van der Waals surface area contributed by atoms with Crippen LogP contribution in [0.3, 0.4) is 0 Å². The zero-order valence-electron chi connectivity index (χ0n) is 10.9. The number of aldehydes is 1. The lowest BCUT2D eigenvalue weighted by Gasteiger charge is -2.21. The van der Waals surface area contributed by atoms with Gasteiger partial charge in [0.2, 0.25) is 0 Å². The van der Waals surface area contributed by atoms with Crippen LogP contribution >= 0.6 is 44.4 Å². The predicted molar refractivity (Wildman–Crippen MR) is 91.0 cm³/mol. The van der Waals surface area contributed by atoms with Crippen LogP contribution < -0.4 is 0 Å². The molecule has 0 saturated carbocycles. The van der Waals surface area contributed by atoms with Crippen molar-refractivity contribution in [3.63, 3.8) is 0 Å². The Morgan fingerprint density at radius 2 is 2.26 bits per heavy atom. The van der Waals surface area contributed by atoms with E-state index in [0.29, 0.717) is 13.1 Å². The van der Waals surface area contributed by atoms with Crippen LogP contribution in [0, 0.1) is 0 Å². The summed E-state index contributed by atoms with van der Waals surface area (Å²) in [5.74, 6) is 0. The Morgan fingerprint density at radius 3 is 2.84 bits per heavy atom. The molecule has 2 atom stereocenters. The average molecular weight is 459 g/mol. The van der Waals surface area contributed by atoms with Gasteiger partial charge in [0.05, 0.1) is 19.2 Å². The molecule has 0 bridgehead atoms. The molecule has 0 aromatic heterocycles. The molecule has 0 fully saturated rings. The second kappa shape index (κ2) is 8.67. The Balaban J connectivity index is 2.61. The van der Waals surface area contributed by atoms with Gasteiger partial charge in [-0.05, 0) is 53.6 Å². The van der Waals surface area contributed by atoms with Crippen LogP contribution in [0.25, 0.3) is 0 Å². The molecular formula is C13H17BrIO3P. The maximum atomic E-state index is 10.8. The van der Waals surface area contributed by atoms with E-state index in [2.05, 4.69) is 38.0 Å². The number of carbonyl (C=O) groups is 1. The van der Waals surface area contributed by atoms with Crippen molar-refractivity contribution in [2.45, 2.75) is 32.0 Å². The van der Waals surface area contributed by atoms with Gasteiger partial charge in [-0.15, -0.1) is 0 Å². The molecule has 0 N–H and O–H groups in total. The molecule has 0 aliphatic rings. The minimum atomic E-state index is -0.728. The second-order valence-electron chi connectivity index (χ2n) is 4.60. The number of hydrogen-bond donors (Lipinski definition) is 0. The largest absolute Gasteiger partial charge is 0.368 e. The van der Waals surface area contributed by atoms with Gasteiger partial charge >= 0.3 is 0 Å². The number of benzene rings is 1. The first-order valence-corrected chi connectivity index (χ1v) is 10.7. The third-order valence-electron chi connectivity index (χ3n) is 2.55. The summed E-state index contributed by atoms with van der Waals surface area (Å²) in [5.41, 5.74) is 0.389. The Labute approximate surface area is 137 Å². The lowest BCUT2D eigenvalue weighted by atomic mass is 10.1. The summed E-state index contributed by atoms with van der Waals surface area (Å²) in [7, 11) is 0. The molecule has 0 aliphatic carbocycles. The predicted octanol–water partition coefficient (Wildman–Crippen LogP) is 4.83. The molecule has 6 heteroatoms. The highest BCUT2D eigenvalue weighted by Crippen LogP contribution is 2.35. The summed E-state index contributed by atoms with van der Waals surface area (Å²) >= 11 is 5.67. The molecule has 19 heavy (non-hydrogen) atoms. The Kier molecular flexibility index (Phi) is 7.99. The smallest absolute Gasteiger partial charge is 0.151 e. The molecule has 0 spiro atoms. The van der Waals surface area contributed by atoms with Gasteiger partial charge in [-0.1, -0.05) is 28.1 Å². The summed E-state index contributed by atoms with van der Waals surface area (Å²) in [6.45, 7) is 4.40. The van der Waals surface area contributed by atoms with Gasteiger partial charge < -0.3 is 14.1 Å². The topological polar surface area (TPSA) is 35.5 Å². The van der Waals surface area contributed by atoms with E-state index >= 15 is 0 Å². The zero-order valence-corrected chi connectivity index (χ0v) is 15.6.